The third kappa shape index (κ3) is 1.59. The third-order valence-corrected chi connectivity index (χ3v) is 4.00. The number of aromatic nitrogens is 1. The summed E-state index contributed by atoms with van der Waals surface area (Å²) < 4.78 is 0. The summed E-state index contributed by atoms with van der Waals surface area (Å²) in [6.45, 7) is 4.49. The fourth-order valence-electron chi connectivity index (χ4n) is 3.23. The fraction of sp³-hybridized carbons (Fsp3) is 0.211. The number of pyridine rings is 1. The van der Waals surface area contributed by atoms with Crippen LogP contribution in [-0.4, -0.2) is 4.98 Å². The standard InChI is InChI=1S/C19H17N/c1-12(2)10-14-11-13-6-5-9-16-15-7-3-4-8-17(15)19(20-14)18(13)16/h3-9,11-12H,10H2,1-2H3. The van der Waals surface area contributed by atoms with Gasteiger partial charge in [-0.3, -0.25) is 4.98 Å². The van der Waals surface area contributed by atoms with Gasteiger partial charge in [-0.2, -0.15) is 0 Å². The molecule has 0 aliphatic heterocycles. The van der Waals surface area contributed by atoms with Crippen molar-refractivity contribution < 1.29 is 0 Å². The monoisotopic (exact) mass is 259 g/mol. The molecular formula is C19H17N. The van der Waals surface area contributed by atoms with Crippen LogP contribution >= 0.6 is 0 Å². The van der Waals surface area contributed by atoms with Crippen molar-refractivity contribution in [3.8, 4) is 22.4 Å². The number of hydrogen-bond acceptors (Lipinski definition) is 1. The van der Waals surface area contributed by atoms with Crippen molar-refractivity contribution in [3.63, 3.8) is 0 Å². The second-order valence-electron chi connectivity index (χ2n) is 6.01. The summed E-state index contributed by atoms with van der Waals surface area (Å²) >= 11 is 0. The van der Waals surface area contributed by atoms with Gasteiger partial charge in [-0.15, -0.1) is 0 Å². The molecule has 1 aliphatic carbocycles. The lowest BCUT2D eigenvalue weighted by Gasteiger charge is -2.08. The highest BCUT2D eigenvalue weighted by Crippen LogP contribution is 2.46. The lowest BCUT2D eigenvalue weighted by atomic mass is 10.0. The van der Waals surface area contributed by atoms with Crippen LogP contribution in [0.5, 0.6) is 0 Å². The second-order valence-corrected chi connectivity index (χ2v) is 6.01. The first-order chi connectivity index (χ1) is 9.74. The minimum Gasteiger partial charge on any atom is -0.252 e. The highest BCUT2D eigenvalue weighted by atomic mass is 14.7. The Labute approximate surface area is 119 Å². The topological polar surface area (TPSA) is 12.9 Å². The Morgan fingerprint density at radius 2 is 1.65 bits per heavy atom. The van der Waals surface area contributed by atoms with Gasteiger partial charge >= 0.3 is 0 Å². The summed E-state index contributed by atoms with van der Waals surface area (Å²) in [5.74, 6) is 0.631. The van der Waals surface area contributed by atoms with E-state index in [1.54, 1.807) is 0 Å². The van der Waals surface area contributed by atoms with Crippen molar-refractivity contribution in [2.45, 2.75) is 20.3 Å². The van der Waals surface area contributed by atoms with Gasteiger partial charge in [-0.05, 0) is 34.9 Å². The molecule has 0 saturated carbocycles. The van der Waals surface area contributed by atoms with E-state index in [9.17, 15) is 0 Å². The number of rotatable bonds is 2. The molecular weight excluding hydrogens is 242 g/mol. The molecule has 0 N–H and O–H groups in total. The molecule has 0 unspecified atom stereocenters. The molecule has 1 heteroatoms. The number of nitrogens with zero attached hydrogens (tertiary/aromatic N) is 1. The van der Waals surface area contributed by atoms with Crippen LogP contribution in [0.2, 0.25) is 0 Å². The van der Waals surface area contributed by atoms with E-state index >= 15 is 0 Å². The fourth-order valence-corrected chi connectivity index (χ4v) is 3.23. The quantitative estimate of drug-likeness (QED) is 0.489. The summed E-state index contributed by atoms with van der Waals surface area (Å²) in [5, 5.41) is 2.64. The summed E-state index contributed by atoms with van der Waals surface area (Å²) in [5.41, 5.74) is 6.31. The Morgan fingerprint density at radius 3 is 2.45 bits per heavy atom. The summed E-state index contributed by atoms with van der Waals surface area (Å²) in [6.07, 6.45) is 1.04. The van der Waals surface area contributed by atoms with E-state index in [2.05, 4.69) is 62.4 Å². The number of benzene rings is 2. The largest absolute Gasteiger partial charge is 0.252 e. The smallest absolute Gasteiger partial charge is 0.0796 e. The van der Waals surface area contributed by atoms with E-state index in [0.717, 1.165) is 6.42 Å². The lowest BCUT2D eigenvalue weighted by molar-refractivity contribution is 0.636. The zero-order chi connectivity index (χ0) is 13.7. The first-order valence-corrected chi connectivity index (χ1v) is 7.26. The van der Waals surface area contributed by atoms with Crippen molar-refractivity contribution in [2.24, 2.45) is 5.92 Å². The van der Waals surface area contributed by atoms with E-state index in [4.69, 9.17) is 4.98 Å². The van der Waals surface area contributed by atoms with Crippen molar-refractivity contribution >= 4 is 10.8 Å². The normalized spacial score (nSPS) is 12.2. The van der Waals surface area contributed by atoms with Gasteiger partial charge in [-0.25, -0.2) is 0 Å². The summed E-state index contributed by atoms with van der Waals surface area (Å²) in [4.78, 5) is 4.95. The zero-order valence-corrected chi connectivity index (χ0v) is 11.9. The molecule has 0 bridgehead atoms. The molecule has 0 fully saturated rings. The third-order valence-electron chi connectivity index (χ3n) is 4.00. The molecule has 4 rings (SSSR count). The Balaban J connectivity index is 2.06. The van der Waals surface area contributed by atoms with Crippen LogP contribution in [-0.2, 0) is 6.42 Å². The maximum Gasteiger partial charge on any atom is 0.0796 e. The van der Waals surface area contributed by atoms with Crippen LogP contribution in [0.3, 0.4) is 0 Å². The van der Waals surface area contributed by atoms with E-state index < -0.39 is 0 Å². The van der Waals surface area contributed by atoms with Crippen LogP contribution in [0.1, 0.15) is 19.5 Å². The van der Waals surface area contributed by atoms with Gasteiger partial charge in [0.25, 0.3) is 0 Å². The highest BCUT2D eigenvalue weighted by Gasteiger charge is 2.22. The molecule has 0 saturated heterocycles. The van der Waals surface area contributed by atoms with Crippen LogP contribution in [0.15, 0.2) is 48.5 Å². The Kier molecular flexibility index (Phi) is 2.43. The molecule has 0 spiro atoms. The van der Waals surface area contributed by atoms with E-state index in [1.165, 1.54) is 38.9 Å². The van der Waals surface area contributed by atoms with Crippen LogP contribution in [0, 0.1) is 5.92 Å². The van der Waals surface area contributed by atoms with Gasteiger partial charge in [0.2, 0.25) is 0 Å². The predicted molar refractivity (Wildman–Crippen MR) is 84.7 cm³/mol. The zero-order valence-electron chi connectivity index (χ0n) is 11.9. The maximum atomic E-state index is 4.95. The van der Waals surface area contributed by atoms with Crippen LogP contribution in [0.4, 0.5) is 0 Å². The second kappa shape index (κ2) is 4.17. The molecule has 3 aromatic rings. The molecule has 1 nitrogen and oxygen atoms in total. The average Bonchev–Trinajstić information content (AvgIpc) is 2.75. The van der Waals surface area contributed by atoms with Crippen molar-refractivity contribution in [2.75, 3.05) is 0 Å². The Hall–Kier alpha value is -2.15. The van der Waals surface area contributed by atoms with E-state index in [-0.39, 0.29) is 0 Å². The van der Waals surface area contributed by atoms with Crippen molar-refractivity contribution in [1.82, 2.24) is 4.98 Å². The van der Waals surface area contributed by atoms with E-state index in [0.29, 0.717) is 5.92 Å². The van der Waals surface area contributed by atoms with Gasteiger partial charge in [0.15, 0.2) is 0 Å². The molecule has 0 radical (unpaired) electrons. The van der Waals surface area contributed by atoms with Crippen molar-refractivity contribution in [3.05, 3.63) is 54.2 Å². The number of fused-ring (bicyclic) bond motifs is 3. The van der Waals surface area contributed by atoms with Gasteiger partial charge in [0.1, 0.15) is 0 Å². The predicted octanol–water partition coefficient (Wildman–Crippen LogP) is 5.08. The van der Waals surface area contributed by atoms with Gasteiger partial charge in [0.05, 0.1) is 5.69 Å². The molecule has 2 aromatic carbocycles. The van der Waals surface area contributed by atoms with Gasteiger partial charge in [-0.1, -0.05) is 56.3 Å². The molecule has 1 aliphatic rings. The van der Waals surface area contributed by atoms with Gasteiger partial charge in [0, 0.05) is 16.6 Å². The van der Waals surface area contributed by atoms with Crippen molar-refractivity contribution in [1.29, 1.82) is 0 Å². The molecule has 20 heavy (non-hydrogen) atoms. The maximum absolute atomic E-state index is 4.95. The molecule has 0 atom stereocenters. The lowest BCUT2D eigenvalue weighted by Crippen LogP contribution is -1.98. The minimum atomic E-state index is 0.631. The van der Waals surface area contributed by atoms with Gasteiger partial charge < -0.3 is 0 Å². The molecule has 0 amide bonds. The van der Waals surface area contributed by atoms with Crippen LogP contribution < -0.4 is 0 Å². The van der Waals surface area contributed by atoms with E-state index in [1.807, 2.05) is 0 Å². The first kappa shape index (κ1) is 11.7. The first-order valence-electron chi connectivity index (χ1n) is 7.26. The highest BCUT2D eigenvalue weighted by molar-refractivity contribution is 6.13. The van der Waals surface area contributed by atoms with Crippen LogP contribution in [0.25, 0.3) is 33.2 Å². The summed E-state index contributed by atoms with van der Waals surface area (Å²) in [7, 11) is 0. The Bertz CT molecular complexity index is 815. The average molecular weight is 259 g/mol. The SMILES string of the molecule is CC(C)Cc1cc2cccc3c2c(n1)-c1ccccc1-3. The minimum absolute atomic E-state index is 0.631. The molecule has 98 valence electrons. The summed E-state index contributed by atoms with van der Waals surface area (Å²) in [6, 6.07) is 17.4. The Morgan fingerprint density at radius 1 is 0.900 bits per heavy atom. The molecule has 1 heterocycles. The number of hydrogen-bond donors (Lipinski definition) is 0. The molecule has 1 aromatic heterocycles.